The summed E-state index contributed by atoms with van der Waals surface area (Å²) in [5.74, 6) is 1.39. The first kappa shape index (κ1) is 7.49. The van der Waals surface area contributed by atoms with E-state index in [0.29, 0.717) is 36.0 Å². The van der Waals surface area contributed by atoms with Crippen molar-refractivity contribution < 1.29 is 0 Å². The second kappa shape index (κ2) is 2.41. The Hall–Kier alpha value is -0.800. The molecule has 6 aliphatic rings. The van der Waals surface area contributed by atoms with Crippen molar-refractivity contribution in [2.45, 2.75) is 49.9 Å². The highest BCUT2D eigenvalue weighted by Crippen LogP contribution is 2.50. The van der Waals surface area contributed by atoms with E-state index in [-0.39, 0.29) is 0 Å². The van der Waals surface area contributed by atoms with Crippen LogP contribution >= 0.6 is 0 Å². The molecule has 0 saturated heterocycles. The van der Waals surface area contributed by atoms with Gasteiger partial charge < -0.3 is 0 Å². The van der Waals surface area contributed by atoms with Crippen LogP contribution in [0.25, 0.3) is 0 Å². The van der Waals surface area contributed by atoms with E-state index in [0.717, 1.165) is 0 Å². The molecular formula is C10H14N4. The van der Waals surface area contributed by atoms with Crippen LogP contribution < -0.4 is 0 Å². The molecule has 14 heavy (non-hydrogen) atoms. The fourth-order valence-electron chi connectivity index (χ4n) is 3.87. The van der Waals surface area contributed by atoms with Gasteiger partial charge in [-0.1, -0.05) is 0 Å². The minimum absolute atomic E-state index is 0.483. The average molecular weight is 190 g/mol. The summed E-state index contributed by atoms with van der Waals surface area (Å²) in [6.45, 7) is 0. The van der Waals surface area contributed by atoms with Gasteiger partial charge in [0.05, 0.1) is 24.2 Å². The van der Waals surface area contributed by atoms with Crippen LogP contribution in [-0.4, -0.2) is 24.2 Å². The summed E-state index contributed by atoms with van der Waals surface area (Å²) < 4.78 is 0. The zero-order valence-corrected chi connectivity index (χ0v) is 8.08. The lowest BCUT2D eigenvalue weighted by atomic mass is 9.61. The first-order valence-electron chi connectivity index (χ1n) is 5.73. The summed E-state index contributed by atoms with van der Waals surface area (Å²) in [4.78, 5) is 0. The van der Waals surface area contributed by atoms with Crippen LogP contribution in [-0.2, 0) is 0 Å². The minimum atomic E-state index is 0.483. The molecule has 0 radical (unpaired) electrons. The van der Waals surface area contributed by atoms with Gasteiger partial charge in [0.15, 0.2) is 0 Å². The van der Waals surface area contributed by atoms with Gasteiger partial charge >= 0.3 is 0 Å². The van der Waals surface area contributed by atoms with Gasteiger partial charge in [-0.15, -0.1) is 0 Å². The van der Waals surface area contributed by atoms with Gasteiger partial charge in [0, 0.05) is 11.8 Å². The molecule has 2 fully saturated rings. The third-order valence-electron chi connectivity index (χ3n) is 4.46. The largest absolute Gasteiger partial charge is 0.190 e. The highest BCUT2D eigenvalue weighted by molar-refractivity contribution is 5.09. The zero-order valence-electron chi connectivity index (χ0n) is 8.08. The Labute approximate surface area is 82.9 Å². The van der Waals surface area contributed by atoms with Gasteiger partial charge in [0.25, 0.3) is 0 Å². The fourth-order valence-corrected chi connectivity index (χ4v) is 3.87. The molecule has 4 heteroatoms. The third-order valence-corrected chi connectivity index (χ3v) is 4.46. The Kier molecular flexibility index (Phi) is 1.29. The summed E-state index contributed by atoms with van der Waals surface area (Å²) >= 11 is 0. The molecule has 2 saturated carbocycles. The summed E-state index contributed by atoms with van der Waals surface area (Å²) in [6, 6.07) is 1.93. The van der Waals surface area contributed by atoms with Crippen molar-refractivity contribution in [1.82, 2.24) is 0 Å². The topological polar surface area (TPSA) is 49.4 Å². The van der Waals surface area contributed by atoms with Crippen LogP contribution in [0.2, 0.25) is 0 Å². The van der Waals surface area contributed by atoms with E-state index in [9.17, 15) is 0 Å². The first-order chi connectivity index (χ1) is 6.93. The predicted octanol–water partition coefficient (Wildman–Crippen LogP) is 2.21. The molecular weight excluding hydrogens is 176 g/mol. The van der Waals surface area contributed by atoms with E-state index in [1.807, 2.05) is 0 Å². The van der Waals surface area contributed by atoms with Gasteiger partial charge in [-0.3, -0.25) is 0 Å². The molecule has 74 valence electrons. The van der Waals surface area contributed by atoms with E-state index in [4.69, 9.17) is 0 Å². The van der Waals surface area contributed by atoms with Crippen LogP contribution in [0.3, 0.4) is 0 Å². The first-order valence-corrected chi connectivity index (χ1v) is 5.73. The average Bonchev–Trinajstić information content (AvgIpc) is 2.32. The molecule has 0 amide bonds. The molecule has 4 nitrogen and oxygen atoms in total. The van der Waals surface area contributed by atoms with Crippen molar-refractivity contribution in [2.75, 3.05) is 0 Å². The summed E-state index contributed by atoms with van der Waals surface area (Å²) in [5.41, 5.74) is 0. The standard InChI is InChI=1S/C10H14N4/c1-2-6-10-8-4-3-7(13-14-8)9(10)5(1)11-12-6/h5-10H,1-4H2. The van der Waals surface area contributed by atoms with Crippen LogP contribution in [0.5, 0.6) is 0 Å². The van der Waals surface area contributed by atoms with Gasteiger partial charge in [-0.25, -0.2) is 0 Å². The number of hydrogen-bond acceptors (Lipinski definition) is 4. The maximum Gasteiger partial charge on any atom is 0.0762 e. The normalized spacial score (nSPS) is 57.7. The van der Waals surface area contributed by atoms with E-state index in [2.05, 4.69) is 20.5 Å². The highest BCUT2D eigenvalue weighted by Gasteiger charge is 2.54. The number of fused-ring (bicyclic) bond motifs is 2. The fraction of sp³-hybridized carbons (Fsp3) is 1.00. The number of hydrogen-bond donors (Lipinski definition) is 0. The van der Waals surface area contributed by atoms with Crippen LogP contribution in [0, 0.1) is 11.8 Å². The summed E-state index contributed by atoms with van der Waals surface area (Å²) in [5, 5.41) is 17.7. The monoisotopic (exact) mass is 190 g/mol. The van der Waals surface area contributed by atoms with E-state index < -0.39 is 0 Å². The SMILES string of the molecule is C1CC2N=NC1C1C3CCC(N=N3)C21. The molecule has 4 unspecified atom stereocenters. The van der Waals surface area contributed by atoms with E-state index in [1.165, 1.54) is 25.7 Å². The lowest BCUT2D eigenvalue weighted by Crippen LogP contribution is -2.56. The van der Waals surface area contributed by atoms with Gasteiger partial charge in [-0.05, 0) is 25.7 Å². The predicted molar refractivity (Wildman–Crippen MR) is 50.3 cm³/mol. The lowest BCUT2D eigenvalue weighted by Gasteiger charge is -2.52. The molecule has 0 aromatic rings. The molecule has 4 aliphatic heterocycles. The quantitative estimate of drug-likeness (QED) is 0.562. The molecule has 6 rings (SSSR count). The second-order valence-corrected chi connectivity index (χ2v) is 5.04. The number of azo groups is 2. The minimum Gasteiger partial charge on any atom is -0.190 e. The molecule has 4 atom stereocenters. The number of nitrogens with zero attached hydrogens (tertiary/aromatic N) is 4. The molecule has 4 heterocycles. The molecule has 4 bridgehead atoms. The van der Waals surface area contributed by atoms with Crippen molar-refractivity contribution in [2.24, 2.45) is 32.3 Å². The Morgan fingerprint density at radius 1 is 0.500 bits per heavy atom. The van der Waals surface area contributed by atoms with Crippen molar-refractivity contribution in [3.05, 3.63) is 0 Å². The van der Waals surface area contributed by atoms with E-state index in [1.54, 1.807) is 0 Å². The molecule has 0 spiro atoms. The van der Waals surface area contributed by atoms with Crippen molar-refractivity contribution in [3.63, 3.8) is 0 Å². The van der Waals surface area contributed by atoms with Crippen molar-refractivity contribution in [3.8, 4) is 0 Å². The molecule has 2 aliphatic carbocycles. The molecule has 0 aromatic carbocycles. The van der Waals surface area contributed by atoms with Crippen LogP contribution in [0.4, 0.5) is 0 Å². The number of rotatable bonds is 0. The van der Waals surface area contributed by atoms with Crippen LogP contribution in [0.1, 0.15) is 25.7 Å². The second-order valence-electron chi connectivity index (χ2n) is 5.04. The Morgan fingerprint density at radius 3 is 1.00 bits per heavy atom. The third kappa shape index (κ3) is 0.758. The maximum absolute atomic E-state index is 4.42. The van der Waals surface area contributed by atoms with Gasteiger partial charge in [0.2, 0.25) is 0 Å². The smallest absolute Gasteiger partial charge is 0.0762 e. The zero-order chi connectivity index (χ0) is 9.12. The maximum atomic E-state index is 4.42. The van der Waals surface area contributed by atoms with Crippen molar-refractivity contribution >= 4 is 0 Å². The lowest BCUT2D eigenvalue weighted by molar-refractivity contribution is 0.0334. The Morgan fingerprint density at radius 2 is 0.786 bits per heavy atom. The summed E-state index contributed by atoms with van der Waals surface area (Å²) in [7, 11) is 0. The van der Waals surface area contributed by atoms with Gasteiger partial charge in [0.1, 0.15) is 0 Å². The van der Waals surface area contributed by atoms with Crippen LogP contribution in [0.15, 0.2) is 20.5 Å². The summed E-state index contributed by atoms with van der Waals surface area (Å²) in [6.07, 6.45) is 4.98. The highest BCUT2D eigenvalue weighted by atomic mass is 15.3. The molecule has 0 aromatic heterocycles. The molecule has 0 N–H and O–H groups in total. The van der Waals surface area contributed by atoms with E-state index >= 15 is 0 Å². The Balaban J connectivity index is 1.82. The Bertz CT molecular complexity index is 264. The van der Waals surface area contributed by atoms with Crippen molar-refractivity contribution in [1.29, 1.82) is 0 Å². The van der Waals surface area contributed by atoms with Gasteiger partial charge in [-0.2, -0.15) is 20.5 Å².